The first-order valence-corrected chi connectivity index (χ1v) is 9.93. The molecule has 0 saturated carbocycles. The van der Waals surface area contributed by atoms with Crippen LogP contribution in [-0.2, 0) is 10.0 Å². The highest BCUT2D eigenvalue weighted by Crippen LogP contribution is 2.19. The molecule has 6 nitrogen and oxygen atoms in total. The maximum Gasteiger partial charge on any atom is 0.261 e. The van der Waals surface area contributed by atoms with E-state index in [1.165, 1.54) is 18.2 Å². The zero-order valence-corrected chi connectivity index (χ0v) is 16.4. The topological polar surface area (TPSA) is 87.3 Å². The Morgan fingerprint density at radius 1 is 1.11 bits per heavy atom. The summed E-state index contributed by atoms with van der Waals surface area (Å²) in [6.45, 7) is 1.61. The van der Waals surface area contributed by atoms with Gasteiger partial charge in [-0.15, -0.1) is 12.4 Å². The van der Waals surface area contributed by atoms with Gasteiger partial charge in [-0.25, -0.2) is 17.2 Å². The molecule has 1 aliphatic rings. The first-order valence-electron chi connectivity index (χ1n) is 8.45. The second-order valence-corrected chi connectivity index (χ2v) is 7.96. The van der Waals surface area contributed by atoms with Crippen LogP contribution in [-0.4, -0.2) is 33.5 Å². The number of carbonyl (C=O) groups is 1. The number of anilines is 1. The van der Waals surface area contributed by atoms with Gasteiger partial charge in [-0.3, -0.25) is 9.52 Å². The quantitative estimate of drug-likeness (QED) is 0.679. The summed E-state index contributed by atoms with van der Waals surface area (Å²) >= 11 is 0. The predicted molar refractivity (Wildman–Crippen MR) is 104 cm³/mol. The Balaban J connectivity index is 0.00000280. The number of halogens is 3. The van der Waals surface area contributed by atoms with E-state index in [0.717, 1.165) is 31.5 Å². The van der Waals surface area contributed by atoms with Crippen molar-refractivity contribution in [3.8, 4) is 0 Å². The molecule has 10 heteroatoms. The third kappa shape index (κ3) is 5.40. The molecule has 1 fully saturated rings. The van der Waals surface area contributed by atoms with Crippen molar-refractivity contribution >= 4 is 34.0 Å². The zero-order chi connectivity index (χ0) is 19.4. The second kappa shape index (κ2) is 9.31. The molecule has 1 aliphatic heterocycles. The lowest BCUT2D eigenvalue weighted by Gasteiger charge is -2.23. The largest absolute Gasteiger partial charge is 0.348 e. The van der Waals surface area contributed by atoms with Crippen molar-refractivity contribution in [3.05, 3.63) is 59.7 Å². The van der Waals surface area contributed by atoms with Crippen molar-refractivity contribution in [2.24, 2.45) is 0 Å². The first-order chi connectivity index (χ1) is 12.8. The van der Waals surface area contributed by atoms with E-state index in [-0.39, 0.29) is 30.0 Å². The lowest BCUT2D eigenvalue weighted by molar-refractivity contribution is 0.0930. The number of rotatable bonds is 5. The van der Waals surface area contributed by atoms with Gasteiger partial charge in [0.2, 0.25) is 0 Å². The smallest absolute Gasteiger partial charge is 0.261 e. The number of amides is 1. The number of benzene rings is 2. The molecule has 0 radical (unpaired) electrons. The number of hydrogen-bond acceptors (Lipinski definition) is 4. The fourth-order valence-electron chi connectivity index (χ4n) is 2.83. The fourth-order valence-corrected chi connectivity index (χ4v) is 3.89. The molecule has 1 heterocycles. The average Bonchev–Trinajstić information content (AvgIpc) is 2.64. The summed E-state index contributed by atoms with van der Waals surface area (Å²) in [5.41, 5.74) is 0.445. The van der Waals surface area contributed by atoms with Crippen LogP contribution in [0.15, 0.2) is 47.4 Å². The van der Waals surface area contributed by atoms with Gasteiger partial charge in [0.05, 0.1) is 4.90 Å². The molecule has 1 amide bonds. The van der Waals surface area contributed by atoms with Crippen LogP contribution in [0.3, 0.4) is 0 Å². The predicted octanol–water partition coefficient (Wildman–Crippen LogP) is 2.67. The van der Waals surface area contributed by atoms with Crippen LogP contribution >= 0.6 is 12.4 Å². The van der Waals surface area contributed by atoms with Crippen LogP contribution in [0.2, 0.25) is 0 Å². The Bertz CT molecular complexity index is 951. The van der Waals surface area contributed by atoms with Crippen molar-refractivity contribution < 1.29 is 22.0 Å². The van der Waals surface area contributed by atoms with Gasteiger partial charge in [0, 0.05) is 23.8 Å². The molecule has 28 heavy (non-hydrogen) atoms. The van der Waals surface area contributed by atoms with Crippen molar-refractivity contribution in [1.29, 1.82) is 0 Å². The van der Waals surface area contributed by atoms with Gasteiger partial charge in [0.25, 0.3) is 15.9 Å². The van der Waals surface area contributed by atoms with E-state index < -0.39 is 26.6 Å². The summed E-state index contributed by atoms with van der Waals surface area (Å²) in [4.78, 5) is 12.0. The van der Waals surface area contributed by atoms with Crippen LogP contribution in [0, 0.1) is 11.6 Å². The molecule has 0 spiro atoms. The van der Waals surface area contributed by atoms with E-state index in [2.05, 4.69) is 15.4 Å². The van der Waals surface area contributed by atoms with E-state index in [4.69, 9.17) is 0 Å². The van der Waals surface area contributed by atoms with E-state index in [9.17, 15) is 22.0 Å². The Morgan fingerprint density at radius 2 is 1.89 bits per heavy atom. The molecule has 1 saturated heterocycles. The minimum Gasteiger partial charge on any atom is -0.348 e. The summed E-state index contributed by atoms with van der Waals surface area (Å²) in [5, 5.41) is 6.10. The van der Waals surface area contributed by atoms with Gasteiger partial charge in [-0.1, -0.05) is 6.07 Å². The maximum absolute atomic E-state index is 13.3. The molecule has 0 aromatic heterocycles. The summed E-state index contributed by atoms with van der Waals surface area (Å²) in [6.07, 6.45) is 1.85. The molecular formula is C18H20ClF2N3O3S. The molecule has 3 N–H and O–H groups in total. The van der Waals surface area contributed by atoms with Crippen LogP contribution in [0.25, 0.3) is 0 Å². The molecule has 1 atom stereocenters. The van der Waals surface area contributed by atoms with Gasteiger partial charge in [0.15, 0.2) is 11.6 Å². The Hall–Kier alpha value is -2.23. The first kappa shape index (κ1) is 22.1. The van der Waals surface area contributed by atoms with Gasteiger partial charge < -0.3 is 10.6 Å². The van der Waals surface area contributed by atoms with Crippen LogP contribution in [0.1, 0.15) is 23.2 Å². The van der Waals surface area contributed by atoms with E-state index in [1.807, 2.05) is 0 Å². The number of hydrogen-bond donors (Lipinski definition) is 3. The molecule has 1 unspecified atom stereocenters. The van der Waals surface area contributed by atoms with Crippen LogP contribution in [0.5, 0.6) is 0 Å². The zero-order valence-electron chi connectivity index (χ0n) is 14.7. The number of sulfonamides is 1. The fraction of sp³-hybridized carbons (Fsp3) is 0.278. The van der Waals surface area contributed by atoms with E-state index >= 15 is 0 Å². The summed E-state index contributed by atoms with van der Waals surface area (Å²) in [6, 6.07) is 8.30. The highest BCUT2D eigenvalue weighted by atomic mass is 35.5. The molecular weight excluding hydrogens is 412 g/mol. The minimum atomic E-state index is -4.12. The maximum atomic E-state index is 13.3. The Kier molecular flexibility index (Phi) is 7.34. The lowest BCUT2D eigenvalue weighted by Crippen LogP contribution is -2.45. The van der Waals surface area contributed by atoms with E-state index in [1.54, 1.807) is 6.07 Å². The molecule has 2 aromatic carbocycles. The number of carbonyl (C=O) groups excluding carboxylic acids is 1. The normalized spacial score (nSPS) is 16.7. The monoisotopic (exact) mass is 431 g/mol. The standard InChI is InChI=1S/C18H19F2N3O3S.ClH/c19-16-7-6-15(10-17(16)20)27(25,26)23-13-4-1-3-12(9-13)18(24)22-14-5-2-8-21-11-14;/h1,3-4,6-7,9-10,14,21,23H,2,5,8,11H2,(H,22,24);1H. The second-order valence-electron chi connectivity index (χ2n) is 6.28. The third-order valence-corrected chi connectivity index (χ3v) is 5.59. The van der Waals surface area contributed by atoms with Crippen molar-refractivity contribution in [2.45, 2.75) is 23.8 Å². The highest BCUT2D eigenvalue weighted by Gasteiger charge is 2.19. The lowest BCUT2D eigenvalue weighted by atomic mass is 10.1. The molecule has 2 aromatic rings. The molecule has 0 aliphatic carbocycles. The summed E-state index contributed by atoms with van der Waals surface area (Å²) in [5.74, 6) is -2.70. The SMILES string of the molecule is Cl.O=C(NC1CCCNC1)c1cccc(NS(=O)(=O)c2ccc(F)c(F)c2)c1. The number of piperidine rings is 1. The number of nitrogens with one attached hydrogen (secondary N) is 3. The van der Waals surface area contributed by atoms with Crippen molar-refractivity contribution in [1.82, 2.24) is 10.6 Å². The molecule has 3 rings (SSSR count). The minimum absolute atomic E-state index is 0. The average molecular weight is 432 g/mol. The van der Waals surface area contributed by atoms with Gasteiger partial charge in [0.1, 0.15) is 0 Å². The van der Waals surface area contributed by atoms with Gasteiger partial charge in [-0.05, 0) is 55.8 Å². The summed E-state index contributed by atoms with van der Waals surface area (Å²) < 4.78 is 53.3. The van der Waals surface area contributed by atoms with Crippen LogP contribution in [0.4, 0.5) is 14.5 Å². The van der Waals surface area contributed by atoms with Crippen molar-refractivity contribution in [2.75, 3.05) is 17.8 Å². The molecule has 152 valence electrons. The van der Waals surface area contributed by atoms with Crippen molar-refractivity contribution in [3.63, 3.8) is 0 Å². The third-order valence-electron chi connectivity index (χ3n) is 4.21. The van der Waals surface area contributed by atoms with E-state index in [0.29, 0.717) is 18.2 Å². The Labute approximate surface area is 168 Å². The van der Waals surface area contributed by atoms with Gasteiger partial charge >= 0.3 is 0 Å². The summed E-state index contributed by atoms with van der Waals surface area (Å²) in [7, 11) is -4.12. The Morgan fingerprint density at radius 3 is 2.57 bits per heavy atom. The highest BCUT2D eigenvalue weighted by molar-refractivity contribution is 7.92. The molecule has 0 bridgehead atoms. The van der Waals surface area contributed by atoms with Crippen LogP contribution < -0.4 is 15.4 Å². The van der Waals surface area contributed by atoms with Gasteiger partial charge in [-0.2, -0.15) is 0 Å².